The van der Waals surface area contributed by atoms with Crippen LogP contribution in [0.2, 0.25) is 0 Å². The second-order valence-electron chi connectivity index (χ2n) is 7.50. The smallest absolute Gasteiger partial charge is 0.342 e. The molecule has 0 saturated heterocycles. The van der Waals surface area contributed by atoms with Gasteiger partial charge in [-0.1, -0.05) is 6.07 Å². The highest BCUT2D eigenvalue weighted by Gasteiger charge is 2.37. The topological polar surface area (TPSA) is 98.5 Å². The number of benzene rings is 1. The van der Waals surface area contributed by atoms with Crippen LogP contribution in [-0.2, 0) is 12.4 Å². The van der Waals surface area contributed by atoms with Gasteiger partial charge in [-0.15, -0.1) is 0 Å². The predicted molar refractivity (Wildman–Crippen MR) is 113 cm³/mol. The van der Waals surface area contributed by atoms with Crippen LogP contribution in [0.3, 0.4) is 0 Å². The van der Waals surface area contributed by atoms with Crippen molar-refractivity contribution in [2.45, 2.75) is 25.3 Å². The van der Waals surface area contributed by atoms with Crippen LogP contribution in [0.5, 0.6) is 0 Å². The third kappa shape index (κ3) is 5.31. The zero-order chi connectivity index (χ0) is 26.1. The fraction of sp³-hybridized carbons (Fsp3) is 0.182. The van der Waals surface area contributed by atoms with Gasteiger partial charge in [0.2, 0.25) is 0 Å². The van der Waals surface area contributed by atoms with E-state index in [0.29, 0.717) is 23.5 Å². The average molecular weight is 507 g/mol. The maximum atomic E-state index is 13.1. The second-order valence-corrected chi connectivity index (χ2v) is 7.50. The molecule has 36 heavy (non-hydrogen) atoms. The molecule has 8 nitrogen and oxygen atoms in total. The van der Waals surface area contributed by atoms with Gasteiger partial charge in [0, 0.05) is 17.8 Å². The van der Waals surface area contributed by atoms with Crippen molar-refractivity contribution < 1.29 is 31.1 Å². The van der Waals surface area contributed by atoms with Crippen molar-refractivity contribution in [2.75, 3.05) is 0 Å². The number of nitrogens with zero attached hydrogens (tertiary/aromatic N) is 6. The Balaban J connectivity index is 1.62. The summed E-state index contributed by atoms with van der Waals surface area (Å²) in [6.45, 7) is 1.44. The first-order chi connectivity index (χ1) is 16.9. The lowest BCUT2D eigenvalue weighted by molar-refractivity contribution is -0.143. The first-order valence-electron chi connectivity index (χ1n) is 10.2. The van der Waals surface area contributed by atoms with E-state index in [1.165, 1.54) is 17.9 Å². The number of amides is 1. The molecule has 1 amide bonds. The van der Waals surface area contributed by atoms with Gasteiger partial charge in [-0.05, 0) is 37.3 Å². The van der Waals surface area contributed by atoms with Gasteiger partial charge in [0.05, 0.1) is 28.6 Å². The van der Waals surface area contributed by atoms with Crippen LogP contribution in [0.4, 0.5) is 26.3 Å². The molecular formula is C22H15F6N7O. The molecule has 3 aromatic heterocycles. The van der Waals surface area contributed by atoms with Gasteiger partial charge < -0.3 is 5.32 Å². The minimum atomic E-state index is -5.08. The van der Waals surface area contributed by atoms with Gasteiger partial charge >= 0.3 is 12.4 Å². The Bertz CT molecular complexity index is 1350. The van der Waals surface area contributed by atoms with E-state index in [-0.39, 0.29) is 17.7 Å². The number of rotatable bonds is 5. The van der Waals surface area contributed by atoms with E-state index in [1.807, 2.05) is 0 Å². The molecule has 0 fully saturated rings. The Labute approximate surface area is 199 Å². The van der Waals surface area contributed by atoms with E-state index < -0.39 is 41.0 Å². The number of alkyl halides is 6. The van der Waals surface area contributed by atoms with Crippen molar-refractivity contribution in [3.63, 3.8) is 0 Å². The summed E-state index contributed by atoms with van der Waals surface area (Å²) in [6, 6.07) is 6.45. The number of hydrogen-bond donors (Lipinski definition) is 1. The number of nitrogens with one attached hydrogen (secondary N) is 1. The minimum Gasteiger partial charge on any atom is -0.342 e. The summed E-state index contributed by atoms with van der Waals surface area (Å²) >= 11 is 0. The van der Waals surface area contributed by atoms with Gasteiger partial charge in [-0.25, -0.2) is 15.0 Å². The summed E-state index contributed by atoms with van der Waals surface area (Å²) < 4.78 is 80.1. The summed E-state index contributed by atoms with van der Waals surface area (Å²) in [4.78, 5) is 29.2. The van der Waals surface area contributed by atoms with Crippen LogP contribution in [0.15, 0.2) is 61.3 Å². The molecule has 1 unspecified atom stereocenters. The highest BCUT2D eigenvalue weighted by molar-refractivity contribution is 5.94. The van der Waals surface area contributed by atoms with Crippen molar-refractivity contribution in [2.24, 2.45) is 0 Å². The molecule has 0 aliphatic rings. The van der Waals surface area contributed by atoms with Crippen LogP contribution < -0.4 is 5.32 Å². The fourth-order valence-electron chi connectivity index (χ4n) is 3.27. The summed E-state index contributed by atoms with van der Waals surface area (Å²) in [5.41, 5.74) is -2.99. The number of hydrogen-bond acceptors (Lipinski definition) is 6. The molecule has 4 aromatic rings. The zero-order valence-corrected chi connectivity index (χ0v) is 18.2. The molecule has 0 saturated carbocycles. The van der Waals surface area contributed by atoms with Crippen molar-refractivity contribution >= 4 is 5.91 Å². The van der Waals surface area contributed by atoms with Gasteiger partial charge in [0.25, 0.3) is 5.91 Å². The van der Waals surface area contributed by atoms with Crippen molar-refractivity contribution in [3.05, 3.63) is 83.8 Å². The molecule has 4 rings (SSSR count). The lowest BCUT2D eigenvalue weighted by atomic mass is 10.0. The number of pyridine rings is 1. The largest absolute Gasteiger partial charge is 0.416 e. The monoisotopic (exact) mass is 507 g/mol. The van der Waals surface area contributed by atoms with Crippen LogP contribution in [0, 0.1) is 0 Å². The van der Waals surface area contributed by atoms with Gasteiger partial charge in [-0.3, -0.25) is 9.78 Å². The Morgan fingerprint density at radius 2 is 1.56 bits per heavy atom. The standard InChI is InChI=1S/C22H15F6N7O/c1-12(34-20(36)13-6-14(21(23,24)25)8-15(7-13)22(26,27)28)19-32-11-33-35(19)18-9-17(30-10-31-18)16-4-2-3-5-29-16/h2-12H,1H3,(H,34,36). The number of carbonyl (C=O) groups excluding carboxylic acids is 1. The Kier molecular flexibility index (Phi) is 6.43. The summed E-state index contributed by atoms with van der Waals surface area (Å²) in [5.74, 6) is -0.791. The van der Waals surface area contributed by atoms with Gasteiger partial charge in [0.15, 0.2) is 11.6 Å². The zero-order valence-electron chi connectivity index (χ0n) is 18.2. The second kappa shape index (κ2) is 9.36. The highest BCUT2D eigenvalue weighted by atomic mass is 19.4. The maximum Gasteiger partial charge on any atom is 0.416 e. The quantitative estimate of drug-likeness (QED) is 0.395. The van der Waals surface area contributed by atoms with Crippen LogP contribution in [-0.4, -0.2) is 35.6 Å². The Morgan fingerprint density at radius 1 is 0.861 bits per heavy atom. The van der Waals surface area contributed by atoms with E-state index >= 15 is 0 Å². The molecule has 1 N–H and O–H groups in total. The molecule has 0 aliphatic carbocycles. The summed E-state index contributed by atoms with van der Waals surface area (Å²) in [5, 5.41) is 6.42. The Hall–Kier alpha value is -4.36. The molecule has 186 valence electrons. The maximum absolute atomic E-state index is 13.1. The van der Waals surface area contributed by atoms with Crippen LogP contribution in [0.1, 0.15) is 40.3 Å². The van der Waals surface area contributed by atoms with Crippen LogP contribution >= 0.6 is 0 Å². The number of aromatic nitrogens is 6. The molecule has 0 radical (unpaired) electrons. The molecule has 0 spiro atoms. The van der Waals surface area contributed by atoms with Gasteiger partial charge in [-0.2, -0.15) is 36.1 Å². The predicted octanol–water partition coefficient (Wildman–Crippen LogP) is 4.65. The molecule has 1 aromatic carbocycles. The average Bonchev–Trinajstić information content (AvgIpc) is 3.33. The van der Waals surface area contributed by atoms with Crippen molar-refractivity contribution in [3.8, 4) is 17.2 Å². The molecule has 14 heteroatoms. The lowest BCUT2D eigenvalue weighted by Crippen LogP contribution is -2.29. The van der Waals surface area contributed by atoms with E-state index in [0.717, 1.165) is 6.33 Å². The first-order valence-corrected chi connectivity index (χ1v) is 10.2. The van der Waals surface area contributed by atoms with E-state index in [4.69, 9.17) is 0 Å². The number of carbonyl (C=O) groups is 1. The van der Waals surface area contributed by atoms with Crippen molar-refractivity contribution in [1.29, 1.82) is 0 Å². The van der Waals surface area contributed by atoms with Crippen molar-refractivity contribution in [1.82, 2.24) is 35.0 Å². The molecule has 1 atom stereocenters. The van der Waals surface area contributed by atoms with Gasteiger partial charge in [0.1, 0.15) is 12.7 Å². The summed E-state index contributed by atoms with van der Waals surface area (Å²) in [7, 11) is 0. The molecule has 0 bridgehead atoms. The molecular weight excluding hydrogens is 492 g/mol. The molecule has 3 heterocycles. The van der Waals surface area contributed by atoms with Crippen LogP contribution in [0.25, 0.3) is 17.2 Å². The Morgan fingerprint density at radius 3 is 2.17 bits per heavy atom. The fourth-order valence-corrected chi connectivity index (χ4v) is 3.27. The highest BCUT2D eigenvalue weighted by Crippen LogP contribution is 2.36. The normalized spacial score (nSPS) is 12.9. The minimum absolute atomic E-state index is 0.0505. The van der Waals surface area contributed by atoms with E-state index in [2.05, 4.69) is 30.4 Å². The first kappa shape index (κ1) is 24.8. The number of halogens is 6. The lowest BCUT2D eigenvalue weighted by Gasteiger charge is -2.17. The third-order valence-corrected chi connectivity index (χ3v) is 4.96. The van der Waals surface area contributed by atoms with E-state index in [9.17, 15) is 31.1 Å². The third-order valence-electron chi connectivity index (χ3n) is 4.96. The SMILES string of the molecule is CC(NC(=O)c1cc(C(F)(F)F)cc(C(F)(F)F)c1)c1ncnn1-c1cc(-c2ccccn2)ncn1. The van der Waals surface area contributed by atoms with E-state index in [1.54, 1.807) is 30.5 Å². The molecule has 0 aliphatic heterocycles. The summed E-state index contributed by atoms with van der Waals surface area (Å²) in [6.07, 6.45) is -6.17.